The molecule has 1 aromatic carbocycles. The lowest BCUT2D eigenvalue weighted by Crippen LogP contribution is -2.38. The molecule has 26 heavy (non-hydrogen) atoms. The Morgan fingerprint density at radius 3 is 2.92 bits per heavy atom. The van der Waals surface area contributed by atoms with Gasteiger partial charge in [0.1, 0.15) is 5.82 Å². The van der Waals surface area contributed by atoms with E-state index in [2.05, 4.69) is 57.2 Å². The van der Waals surface area contributed by atoms with E-state index in [1.807, 2.05) is 6.07 Å². The van der Waals surface area contributed by atoms with Crippen molar-refractivity contribution in [2.45, 2.75) is 52.2 Å². The number of nitrogens with one attached hydrogen (secondary N) is 2. The van der Waals surface area contributed by atoms with Gasteiger partial charge in [0.2, 0.25) is 0 Å². The van der Waals surface area contributed by atoms with Crippen LogP contribution in [0.4, 0.5) is 0 Å². The summed E-state index contributed by atoms with van der Waals surface area (Å²) in [6.07, 6.45) is 3.93. The molecule has 3 rings (SSSR count). The van der Waals surface area contributed by atoms with E-state index in [0.29, 0.717) is 12.5 Å². The first-order valence-electron chi connectivity index (χ1n) is 9.81. The molecule has 142 valence electrons. The highest BCUT2D eigenvalue weighted by Gasteiger charge is 2.24. The van der Waals surface area contributed by atoms with Crippen LogP contribution in [0, 0.1) is 12.8 Å². The Morgan fingerprint density at radius 1 is 1.31 bits per heavy atom. The van der Waals surface area contributed by atoms with Crippen LogP contribution in [-0.2, 0) is 6.54 Å². The lowest BCUT2D eigenvalue weighted by Gasteiger charge is -2.15. The summed E-state index contributed by atoms with van der Waals surface area (Å²) in [4.78, 5) is 9.28. The van der Waals surface area contributed by atoms with Crippen LogP contribution in [0.2, 0.25) is 0 Å². The number of fused-ring (bicyclic) bond motifs is 1. The number of aryl methyl sites for hydroxylation is 2. The van der Waals surface area contributed by atoms with Gasteiger partial charge in [-0.25, -0.2) is 4.98 Å². The molecule has 1 aliphatic rings. The van der Waals surface area contributed by atoms with Crippen LogP contribution in [0.1, 0.15) is 38.4 Å². The minimum atomic E-state index is -0.181. The lowest BCUT2D eigenvalue weighted by atomic mass is 10.1. The van der Waals surface area contributed by atoms with Crippen molar-refractivity contribution in [1.82, 2.24) is 20.2 Å². The van der Waals surface area contributed by atoms with Crippen molar-refractivity contribution >= 4 is 17.0 Å². The molecule has 2 atom stereocenters. The van der Waals surface area contributed by atoms with Crippen molar-refractivity contribution in [3.63, 3.8) is 0 Å². The maximum Gasteiger partial charge on any atom is 0.191 e. The van der Waals surface area contributed by atoms with Crippen LogP contribution in [0.5, 0.6) is 0 Å². The number of guanidine groups is 1. The van der Waals surface area contributed by atoms with Gasteiger partial charge in [0.15, 0.2) is 5.96 Å². The molecule has 0 bridgehead atoms. The Labute approximate surface area is 155 Å². The third-order valence-electron chi connectivity index (χ3n) is 5.14. The maximum atomic E-state index is 9.95. The van der Waals surface area contributed by atoms with Crippen molar-refractivity contribution in [3.8, 4) is 0 Å². The van der Waals surface area contributed by atoms with E-state index in [1.54, 1.807) is 0 Å². The fourth-order valence-corrected chi connectivity index (χ4v) is 3.70. The second kappa shape index (κ2) is 9.03. The molecule has 0 spiro atoms. The van der Waals surface area contributed by atoms with Gasteiger partial charge >= 0.3 is 0 Å². The first-order valence-corrected chi connectivity index (χ1v) is 9.81. The summed E-state index contributed by atoms with van der Waals surface area (Å²) < 4.78 is 2.27. The molecular formula is C20H31N5O. The average molecular weight is 358 g/mol. The normalized spacial score (nSPS) is 20.7. The van der Waals surface area contributed by atoms with E-state index >= 15 is 0 Å². The molecule has 0 amide bonds. The number of aliphatic imine (C=N–C) groups is 1. The molecule has 1 fully saturated rings. The predicted octanol–water partition coefficient (Wildman–Crippen LogP) is 2.45. The number of aromatic nitrogens is 2. The molecule has 0 aliphatic heterocycles. The topological polar surface area (TPSA) is 74.5 Å². The van der Waals surface area contributed by atoms with Gasteiger partial charge in [0.05, 0.1) is 17.1 Å². The lowest BCUT2D eigenvalue weighted by molar-refractivity contribution is 0.136. The number of hydrogen-bond donors (Lipinski definition) is 3. The molecule has 1 aliphatic carbocycles. The number of hydrogen-bond acceptors (Lipinski definition) is 3. The first-order chi connectivity index (χ1) is 12.7. The van der Waals surface area contributed by atoms with Crippen LogP contribution in [0.3, 0.4) is 0 Å². The summed E-state index contributed by atoms with van der Waals surface area (Å²) in [5.74, 6) is 2.21. The number of para-hydroxylation sites is 2. The van der Waals surface area contributed by atoms with Gasteiger partial charge in [-0.05, 0) is 45.2 Å². The van der Waals surface area contributed by atoms with Crippen LogP contribution < -0.4 is 10.6 Å². The fourth-order valence-electron chi connectivity index (χ4n) is 3.70. The molecule has 1 saturated carbocycles. The summed E-state index contributed by atoms with van der Waals surface area (Å²) in [6, 6.07) is 8.28. The second-order valence-corrected chi connectivity index (χ2v) is 7.06. The van der Waals surface area contributed by atoms with Crippen LogP contribution in [0.25, 0.3) is 11.0 Å². The number of aliphatic hydroxyl groups is 1. The minimum Gasteiger partial charge on any atom is -0.393 e. The quantitative estimate of drug-likeness (QED) is 0.404. The molecule has 0 saturated heterocycles. The maximum absolute atomic E-state index is 9.95. The molecule has 2 unspecified atom stereocenters. The summed E-state index contributed by atoms with van der Waals surface area (Å²) in [5, 5.41) is 16.7. The van der Waals surface area contributed by atoms with Gasteiger partial charge in [-0.1, -0.05) is 18.6 Å². The third-order valence-corrected chi connectivity index (χ3v) is 5.14. The third kappa shape index (κ3) is 4.55. The molecule has 2 aromatic rings. The van der Waals surface area contributed by atoms with Crippen LogP contribution in [0.15, 0.2) is 29.3 Å². The van der Waals surface area contributed by atoms with E-state index in [9.17, 15) is 5.11 Å². The SMILES string of the molecule is CCNC(=NCC1CCCC1O)NCCCn1c(C)nc2ccccc21. The molecular weight excluding hydrogens is 326 g/mol. The highest BCUT2D eigenvalue weighted by atomic mass is 16.3. The van der Waals surface area contributed by atoms with E-state index < -0.39 is 0 Å². The molecule has 3 N–H and O–H groups in total. The van der Waals surface area contributed by atoms with Crippen molar-refractivity contribution in [2.24, 2.45) is 10.9 Å². The Bertz CT molecular complexity index is 739. The number of rotatable bonds is 7. The van der Waals surface area contributed by atoms with E-state index in [-0.39, 0.29) is 6.10 Å². The number of imidazole rings is 1. The second-order valence-electron chi connectivity index (χ2n) is 7.06. The largest absolute Gasteiger partial charge is 0.393 e. The predicted molar refractivity (Wildman–Crippen MR) is 106 cm³/mol. The van der Waals surface area contributed by atoms with E-state index in [0.717, 1.165) is 62.6 Å². The summed E-state index contributed by atoms with van der Waals surface area (Å²) in [6.45, 7) is 7.45. The fraction of sp³-hybridized carbons (Fsp3) is 0.600. The number of aliphatic hydroxyl groups excluding tert-OH is 1. The van der Waals surface area contributed by atoms with Gasteiger partial charge in [-0.3, -0.25) is 4.99 Å². The average Bonchev–Trinajstić information content (AvgIpc) is 3.19. The van der Waals surface area contributed by atoms with Gasteiger partial charge in [0.25, 0.3) is 0 Å². The zero-order valence-electron chi connectivity index (χ0n) is 15.9. The summed E-state index contributed by atoms with van der Waals surface area (Å²) in [7, 11) is 0. The Morgan fingerprint density at radius 2 is 2.15 bits per heavy atom. The first kappa shape index (κ1) is 18.7. The summed E-state index contributed by atoms with van der Waals surface area (Å²) >= 11 is 0. The van der Waals surface area contributed by atoms with Crippen molar-refractivity contribution < 1.29 is 5.11 Å². The van der Waals surface area contributed by atoms with Gasteiger partial charge in [-0.15, -0.1) is 0 Å². The van der Waals surface area contributed by atoms with Crippen LogP contribution in [-0.4, -0.2) is 46.4 Å². The summed E-state index contributed by atoms with van der Waals surface area (Å²) in [5.41, 5.74) is 2.25. The molecule has 0 radical (unpaired) electrons. The Balaban J connectivity index is 1.50. The smallest absolute Gasteiger partial charge is 0.191 e. The number of nitrogens with zero attached hydrogens (tertiary/aromatic N) is 3. The molecule has 6 heteroatoms. The molecule has 1 aromatic heterocycles. The van der Waals surface area contributed by atoms with E-state index in [4.69, 9.17) is 0 Å². The van der Waals surface area contributed by atoms with E-state index in [1.165, 1.54) is 5.52 Å². The van der Waals surface area contributed by atoms with Crippen LogP contribution >= 0.6 is 0 Å². The minimum absolute atomic E-state index is 0.181. The van der Waals surface area contributed by atoms with Crippen molar-refractivity contribution in [1.29, 1.82) is 0 Å². The molecule has 1 heterocycles. The zero-order chi connectivity index (χ0) is 18.4. The Kier molecular flexibility index (Phi) is 6.50. The highest BCUT2D eigenvalue weighted by Crippen LogP contribution is 2.25. The standard InChI is InChI=1S/C20H31N5O/c1-3-21-20(23-14-16-8-6-11-19(16)26)22-12-7-13-25-15(2)24-17-9-4-5-10-18(17)25/h4-5,9-10,16,19,26H,3,6-8,11-14H2,1-2H3,(H2,21,22,23). The number of benzene rings is 1. The van der Waals surface area contributed by atoms with Gasteiger partial charge < -0.3 is 20.3 Å². The Hall–Kier alpha value is -2.08. The van der Waals surface area contributed by atoms with Gasteiger partial charge in [-0.2, -0.15) is 0 Å². The monoisotopic (exact) mass is 357 g/mol. The van der Waals surface area contributed by atoms with Gasteiger partial charge in [0, 0.05) is 32.1 Å². The van der Waals surface area contributed by atoms with Crippen molar-refractivity contribution in [2.75, 3.05) is 19.6 Å². The molecule has 6 nitrogen and oxygen atoms in total. The zero-order valence-corrected chi connectivity index (χ0v) is 15.9. The van der Waals surface area contributed by atoms with Crippen molar-refractivity contribution in [3.05, 3.63) is 30.1 Å². The highest BCUT2D eigenvalue weighted by molar-refractivity contribution is 5.79.